The minimum Gasteiger partial charge on any atom is -0.489 e. The maximum Gasteiger partial charge on any atom is 0.123 e. The quantitative estimate of drug-likeness (QED) is 0.724. The summed E-state index contributed by atoms with van der Waals surface area (Å²) < 4.78 is 5.54. The van der Waals surface area contributed by atoms with Crippen LogP contribution in [-0.2, 0) is 6.42 Å². The summed E-state index contributed by atoms with van der Waals surface area (Å²) >= 11 is 0. The predicted molar refractivity (Wildman–Crippen MR) is 57.5 cm³/mol. The maximum atomic E-state index is 8.85. The number of benzene rings is 1. The minimum absolute atomic E-state index is 0.146. The lowest BCUT2D eigenvalue weighted by Crippen LogP contribution is -2.01. The number of aliphatic hydroxyl groups is 1. The molecular weight excluding hydrogens is 176 g/mol. The van der Waals surface area contributed by atoms with Crippen LogP contribution < -0.4 is 4.74 Å². The van der Waals surface area contributed by atoms with Crippen LogP contribution in [0.5, 0.6) is 5.75 Å². The minimum atomic E-state index is 0.146. The number of para-hydroxylation sites is 1. The van der Waals surface area contributed by atoms with Crippen LogP contribution in [0.4, 0.5) is 0 Å². The van der Waals surface area contributed by atoms with Gasteiger partial charge in [-0.15, -0.1) is 0 Å². The third-order valence-corrected chi connectivity index (χ3v) is 1.83. The van der Waals surface area contributed by atoms with E-state index in [1.54, 1.807) is 0 Å². The van der Waals surface area contributed by atoms with Gasteiger partial charge in [-0.2, -0.15) is 0 Å². The van der Waals surface area contributed by atoms with Gasteiger partial charge in [-0.05, 0) is 30.5 Å². The Morgan fingerprint density at radius 1 is 1.43 bits per heavy atom. The Bertz CT molecular complexity index is 305. The highest BCUT2D eigenvalue weighted by atomic mass is 16.5. The molecule has 0 atom stereocenters. The van der Waals surface area contributed by atoms with Gasteiger partial charge in [0.05, 0.1) is 0 Å². The maximum absolute atomic E-state index is 8.85. The SMILES string of the molecule is C=C(C)COc1ccccc1CCO. The van der Waals surface area contributed by atoms with E-state index in [1.807, 2.05) is 31.2 Å². The molecule has 0 heterocycles. The van der Waals surface area contributed by atoms with Gasteiger partial charge in [0.25, 0.3) is 0 Å². The smallest absolute Gasteiger partial charge is 0.123 e. The van der Waals surface area contributed by atoms with Gasteiger partial charge in [-0.1, -0.05) is 24.8 Å². The van der Waals surface area contributed by atoms with Crippen molar-refractivity contribution in [2.45, 2.75) is 13.3 Å². The number of aliphatic hydroxyl groups excluding tert-OH is 1. The average Bonchev–Trinajstić information content (AvgIpc) is 2.17. The molecule has 0 saturated carbocycles. The van der Waals surface area contributed by atoms with E-state index >= 15 is 0 Å². The van der Waals surface area contributed by atoms with Gasteiger partial charge in [-0.3, -0.25) is 0 Å². The summed E-state index contributed by atoms with van der Waals surface area (Å²) in [5.74, 6) is 0.838. The summed E-state index contributed by atoms with van der Waals surface area (Å²) in [7, 11) is 0. The lowest BCUT2D eigenvalue weighted by molar-refractivity contribution is 0.294. The fourth-order valence-corrected chi connectivity index (χ4v) is 1.17. The summed E-state index contributed by atoms with van der Waals surface area (Å²) in [6.45, 7) is 6.37. The van der Waals surface area contributed by atoms with Gasteiger partial charge in [-0.25, -0.2) is 0 Å². The summed E-state index contributed by atoms with van der Waals surface area (Å²) in [5, 5.41) is 8.85. The average molecular weight is 192 g/mol. The Kier molecular flexibility index (Phi) is 4.20. The van der Waals surface area contributed by atoms with Crippen LogP contribution in [0.25, 0.3) is 0 Å². The van der Waals surface area contributed by atoms with Crippen LogP contribution in [-0.4, -0.2) is 18.3 Å². The van der Waals surface area contributed by atoms with Crippen LogP contribution in [0, 0.1) is 0 Å². The lowest BCUT2D eigenvalue weighted by Gasteiger charge is -2.10. The number of ether oxygens (including phenoxy) is 1. The van der Waals surface area contributed by atoms with E-state index in [0.29, 0.717) is 13.0 Å². The first-order chi connectivity index (χ1) is 6.74. The van der Waals surface area contributed by atoms with Crippen LogP contribution in [0.2, 0.25) is 0 Å². The second kappa shape index (κ2) is 5.45. The van der Waals surface area contributed by atoms with Gasteiger partial charge >= 0.3 is 0 Å². The van der Waals surface area contributed by atoms with Crippen molar-refractivity contribution in [3.63, 3.8) is 0 Å². The number of rotatable bonds is 5. The van der Waals surface area contributed by atoms with E-state index in [0.717, 1.165) is 16.9 Å². The highest BCUT2D eigenvalue weighted by Gasteiger charge is 2.01. The molecule has 2 nitrogen and oxygen atoms in total. The zero-order valence-corrected chi connectivity index (χ0v) is 8.49. The van der Waals surface area contributed by atoms with Crippen molar-refractivity contribution in [2.75, 3.05) is 13.2 Å². The topological polar surface area (TPSA) is 29.5 Å². The lowest BCUT2D eigenvalue weighted by atomic mass is 10.1. The van der Waals surface area contributed by atoms with Crippen molar-refractivity contribution in [2.24, 2.45) is 0 Å². The molecule has 0 unspecified atom stereocenters. The molecule has 1 aromatic rings. The van der Waals surface area contributed by atoms with Crippen molar-refractivity contribution in [1.82, 2.24) is 0 Å². The Morgan fingerprint density at radius 2 is 2.14 bits per heavy atom. The van der Waals surface area contributed by atoms with E-state index in [9.17, 15) is 0 Å². The predicted octanol–water partition coefficient (Wildman–Crippen LogP) is 2.18. The molecule has 0 radical (unpaired) electrons. The molecule has 0 aliphatic heterocycles. The molecule has 1 rings (SSSR count). The van der Waals surface area contributed by atoms with E-state index in [1.165, 1.54) is 0 Å². The molecule has 0 aliphatic carbocycles. The molecule has 0 saturated heterocycles. The molecule has 0 amide bonds. The van der Waals surface area contributed by atoms with Crippen molar-refractivity contribution in [1.29, 1.82) is 0 Å². The molecular formula is C12H16O2. The summed E-state index contributed by atoms with van der Waals surface area (Å²) in [5.41, 5.74) is 2.03. The van der Waals surface area contributed by atoms with E-state index in [2.05, 4.69) is 6.58 Å². The standard InChI is InChI=1S/C12H16O2/c1-10(2)9-14-12-6-4-3-5-11(12)7-8-13/h3-6,13H,1,7-9H2,2H3. The number of hydrogen-bond acceptors (Lipinski definition) is 2. The highest BCUT2D eigenvalue weighted by Crippen LogP contribution is 2.18. The summed E-state index contributed by atoms with van der Waals surface area (Å²) in [6.07, 6.45) is 0.631. The second-order valence-corrected chi connectivity index (χ2v) is 3.33. The summed E-state index contributed by atoms with van der Waals surface area (Å²) in [4.78, 5) is 0. The Labute approximate surface area is 84.8 Å². The van der Waals surface area contributed by atoms with Gasteiger partial charge in [0.1, 0.15) is 12.4 Å². The van der Waals surface area contributed by atoms with E-state index in [-0.39, 0.29) is 6.61 Å². The third kappa shape index (κ3) is 3.23. The molecule has 1 N–H and O–H groups in total. The monoisotopic (exact) mass is 192 g/mol. The van der Waals surface area contributed by atoms with Crippen molar-refractivity contribution >= 4 is 0 Å². The molecule has 0 aliphatic rings. The Balaban J connectivity index is 2.68. The van der Waals surface area contributed by atoms with Crippen molar-refractivity contribution in [3.8, 4) is 5.75 Å². The summed E-state index contributed by atoms with van der Waals surface area (Å²) in [6, 6.07) is 7.74. The van der Waals surface area contributed by atoms with Crippen molar-refractivity contribution in [3.05, 3.63) is 42.0 Å². The van der Waals surface area contributed by atoms with Gasteiger partial charge in [0, 0.05) is 6.61 Å². The molecule has 0 spiro atoms. The van der Waals surface area contributed by atoms with Crippen LogP contribution in [0.3, 0.4) is 0 Å². The molecule has 1 aromatic carbocycles. The Morgan fingerprint density at radius 3 is 2.79 bits per heavy atom. The number of hydrogen-bond donors (Lipinski definition) is 1. The van der Waals surface area contributed by atoms with Gasteiger partial charge in [0.2, 0.25) is 0 Å². The second-order valence-electron chi connectivity index (χ2n) is 3.33. The largest absolute Gasteiger partial charge is 0.489 e. The molecule has 14 heavy (non-hydrogen) atoms. The molecule has 2 heteroatoms. The molecule has 0 aromatic heterocycles. The van der Waals surface area contributed by atoms with Crippen LogP contribution >= 0.6 is 0 Å². The normalized spacial score (nSPS) is 9.86. The molecule has 0 fully saturated rings. The highest BCUT2D eigenvalue weighted by molar-refractivity contribution is 5.33. The van der Waals surface area contributed by atoms with E-state index in [4.69, 9.17) is 9.84 Å². The van der Waals surface area contributed by atoms with E-state index < -0.39 is 0 Å². The Hall–Kier alpha value is -1.28. The van der Waals surface area contributed by atoms with Crippen LogP contribution in [0.15, 0.2) is 36.4 Å². The molecule has 0 bridgehead atoms. The first-order valence-electron chi connectivity index (χ1n) is 4.70. The molecule has 76 valence electrons. The third-order valence-electron chi connectivity index (χ3n) is 1.83. The van der Waals surface area contributed by atoms with Gasteiger partial charge < -0.3 is 9.84 Å². The first-order valence-corrected chi connectivity index (χ1v) is 4.70. The zero-order chi connectivity index (χ0) is 10.4. The first kappa shape index (κ1) is 10.8. The van der Waals surface area contributed by atoms with Crippen LogP contribution in [0.1, 0.15) is 12.5 Å². The fourth-order valence-electron chi connectivity index (χ4n) is 1.17. The fraction of sp³-hybridized carbons (Fsp3) is 0.333. The van der Waals surface area contributed by atoms with Gasteiger partial charge in [0.15, 0.2) is 0 Å². The zero-order valence-electron chi connectivity index (χ0n) is 8.49. The van der Waals surface area contributed by atoms with Crippen molar-refractivity contribution < 1.29 is 9.84 Å².